The van der Waals surface area contributed by atoms with E-state index in [0.717, 1.165) is 0 Å². The van der Waals surface area contributed by atoms with Crippen LogP contribution in [-0.4, -0.2) is 46.0 Å². The standard InChI is InChI=1S/C25H23ClF2N4O6S2/c26-16-1-5-18(6-2-16)39(35,36)31-23-14-22(28)21(27)13-20(23)25(34)30-17-3-7-19(8-4-17)40(37,38)32-11-9-15(10-12-32)24(29)33/h1-8,13-15,31H,9-12H2,(H2,29,33)(H,30,34). The number of benzene rings is 3. The first-order valence-corrected chi connectivity index (χ1v) is 15.1. The van der Waals surface area contributed by atoms with E-state index >= 15 is 0 Å². The molecule has 0 bridgehead atoms. The lowest BCUT2D eigenvalue weighted by molar-refractivity contribution is -0.122. The number of primary amides is 1. The van der Waals surface area contributed by atoms with Gasteiger partial charge in [0.1, 0.15) is 0 Å². The molecule has 0 spiro atoms. The highest BCUT2D eigenvalue weighted by Crippen LogP contribution is 2.27. The molecule has 0 aromatic heterocycles. The third kappa shape index (κ3) is 6.41. The molecule has 15 heteroatoms. The van der Waals surface area contributed by atoms with E-state index in [9.17, 15) is 35.2 Å². The highest BCUT2D eigenvalue weighted by atomic mass is 35.5. The van der Waals surface area contributed by atoms with Gasteiger partial charge in [-0.2, -0.15) is 4.31 Å². The number of sulfonamides is 2. The van der Waals surface area contributed by atoms with Crippen LogP contribution < -0.4 is 15.8 Å². The fraction of sp³-hybridized carbons (Fsp3) is 0.200. The Morgan fingerprint density at radius 2 is 1.43 bits per heavy atom. The van der Waals surface area contributed by atoms with Gasteiger partial charge in [-0.05, 0) is 67.4 Å². The van der Waals surface area contributed by atoms with Gasteiger partial charge in [-0.3, -0.25) is 14.3 Å². The zero-order valence-corrected chi connectivity index (χ0v) is 23.0. The SMILES string of the molecule is NC(=O)C1CCN(S(=O)(=O)c2ccc(NC(=O)c3cc(F)c(F)cc3NS(=O)(=O)c3ccc(Cl)cc3)cc2)CC1. The Bertz CT molecular complexity index is 1660. The molecule has 3 aromatic carbocycles. The van der Waals surface area contributed by atoms with E-state index in [0.29, 0.717) is 25.0 Å². The molecular weight excluding hydrogens is 590 g/mol. The normalized spacial score (nSPS) is 15.0. The molecule has 3 aromatic rings. The molecule has 1 aliphatic heterocycles. The summed E-state index contributed by atoms with van der Waals surface area (Å²) in [6.45, 7) is 0.249. The van der Waals surface area contributed by atoms with Crippen molar-refractivity contribution in [1.29, 1.82) is 0 Å². The maximum atomic E-state index is 14.0. The zero-order valence-electron chi connectivity index (χ0n) is 20.6. The average molecular weight is 613 g/mol. The van der Waals surface area contributed by atoms with Crippen molar-refractivity contribution in [3.05, 3.63) is 82.9 Å². The number of hydrogen-bond donors (Lipinski definition) is 3. The average Bonchev–Trinajstić information content (AvgIpc) is 2.91. The molecule has 40 heavy (non-hydrogen) atoms. The van der Waals surface area contributed by atoms with Crippen LogP contribution in [0.1, 0.15) is 23.2 Å². The summed E-state index contributed by atoms with van der Waals surface area (Å²) in [6.07, 6.45) is 0.613. The van der Waals surface area contributed by atoms with E-state index in [1.807, 2.05) is 0 Å². The van der Waals surface area contributed by atoms with Crippen LogP contribution in [-0.2, 0) is 24.8 Å². The largest absolute Gasteiger partial charge is 0.369 e. The number of nitrogens with one attached hydrogen (secondary N) is 2. The topological polar surface area (TPSA) is 156 Å². The maximum absolute atomic E-state index is 14.0. The van der Waals surface area contributed by atoms with Gasteiger partial charge in [-0.1, -0.05) is 11.6 Å². The Kier molecular flexibility index (Phi) is 8.44. The van der Waals surface area contributed by atoms with Crippen LogP contribution >= 0.6 is 11.6 Å². The number of piperidine rings is 1. The predicted octanol–water partition coefficient (Wildman–Crippen LogP) is 3.56. The number of halogens is 3. The predicted molar refractivity (Wildman–Crippen MR) is 144 cm³/mol. The molecule has 2 amide bonds. The molecule has 0 atom stereocenters. The van der Waals surface area contributed by atoms with Gasteiger partial charge in [-0.25, -0.2) is 25.6 Å². The van der Waals surface area contributed by atoms with Crippen LogP contribution in [0, 0.1) is 17.6 Å². The number of anilines is 2. The van der Waals surface area contributed by atoms with E-state index in [-0.39, 0.29) is 39.5 Å². The van der Waals surface area contributed by atoms with Crippen molar-refractivity contribution in [2.75, 3.05) is 23.1 Å². The van der Waals surface area contributed by atoms with E-state index in [1.54, 1.807) is 0 Å². The summed E-state index contributed by atoms with van der Waals surface area (Å²) >= 11 is 5.78. The van der Waals surface area contributed by atoms with Crippen LogP contribution in [0.3, 0.4) is 0 Å². The first-order chi connectivity index (χ1) is 18.8. The number of nitrogens with two attached hydrogens (primary N) is 1. The van der Waals surface area contributed by atoms with Gasteiger partial charge in [0.15, 0.2) is 11.6 Å². The number of rotatable bonds is 8. The van der Waals surface area contributed by atoms with E-state index in [2.05, 4.69) is 10.0 Å². The Hall–Kier alpha value is -3.59. The van der Waals surface area contributed by atoms with E-state index in [4.69, 9.17) is 17.3 Å². The van der Waals surface area contributed by atoms with Crippen molar-refractivity contribution >= 4 is 54.8 Å². The maximum Gasteiger partial charge on any atom is 0.261 e. The lowest BCUT2D eigenvalue weighted by atomic mass is 9.98. The molecule has 4 rings (SSSR count). The van der Waals surface area contributed by atoms with E-state index in [1.165, 1.54) is 52.8 Å². The number of carbonyl (C=O) groups excluding carboxylic acids is 2. The summed E-state index contributed by atoms with van der Waals surface area (Å²) in [5.41, 5.74) is 4.36. The van der Waals surface area contributed by atoms with Gasteiger partial charge in [0, 0.05) is 35.8 Å². The van der Waals surface area contributed by atoms with Crippen molar-refractivity contribution in [3.63, 3.8) is 0 Å². The summed E-state index contributed by atoms with van der Waals surface area (Å²) in [5, 5.41) is 2.69. The first-order valence-electron chi connectivity index (χ1n) is 11.8. The number of amides is 2. The van der Waals surface area contributed by atoms with Crippen molar-refractivity contribution in [1.82, 2.24) is 4.31 Å². The molecule has 1 heterocycles. The minimum absolute atomic E-state index is 0.0627. The third-order valence-corrected chi connectivity index (χ3v) is 9.83. The van der Waals surface area contributed by atoms with Gasteiger partial charge in [0.25, 0.3) is 15.9 Å². The van der Waals surface area contributed by atoms with Crippen molar-refractivity contribution in [3.8, 4) is 0 Å². The van der Waals surface area contributed by atoms with Crippen LogP contribution in [0.4, 0.5) is 20.2 Å². The molecule has 0 saturated carbocycles. The van der Waals surface area contributed by atoms with Gasteiger partial charge in [0.05, 0.1) is 21.0 Å². The zero-order chi connectivity index (χ0) is 29.2. The lowest BCUT2D eigenvalue weighted by Crippen LogP contribution is -2.41. The minimum atomic E-state index is -4.30. The molecule has 10 nitrogen and oxygen atoms in total. The second-order valence-electron chi connectivity index (χ2n) is 8.93. The monoisotopic (exact) mass is 612 g/mol. The molecule has 1 aliphatic rings. The number of nitrogens with zero attached hydrogens (tertiary/aromatic N) is 1. The molecule has 0 unspecified atom stereocenters. The molecule has 1 saturated heterocycles. The molecule has 212 valence electrons. The fourth-order valence-corrected chi connectivity index (χ4v) is 6.74. The van der Waals surface area contributed by atoms with Gasteiger partial charge in [0.2, 0.25) is 15.9 Å². The van der Waals surface area contributed by atoms with Gasteiger partial charge >= 0.3 is 0 Å². The second-order valence-corrected chi connectivity index (χ2v) is 13.0. The van der Waals surface area contributed by atoms with Crippen molar-refractivity contribution < 1.29 is 35.2 Å². The Balaban J connectivity index is 1.53. The summed E-state index contributed by atoms with van der Waals surface area (Å²) < 4.78 is 82.9. The molecular formula is C25H23ClF2N4O6S2. The quantitative estimate of drug-likeness (QED) is 0.353. The number of carbonyl (C=O) groups is 2. The lowest BCUT2D eigenvalue weighted by Gasteiger charge is -2.29. The summed E-state index contributed by atoms with van der Waals surface area (Å²) in [5.74, 6) is -4.63. The summed E-state index contributed by atoms with van der Waals surface area (Å²) in [6, 6.07) is 11.2. The minimum Gasteiger partial charge on any atom is -0.369 e. The number of hydrogen-bond acceptors (Lipinski definition) is 6. The van der Waals surface area contributed by atoms with Crippen LogP contribution in [0.2, 0.25) is 5.02 Å². The fourth-order valence-electron chi connectivity index (χ4n) is 4.07. The van der Waals surface area contributed by atoms with Crippen LogP contribution in [0.15, 0.2) is 70.5 Å². The smallest absolute Gasteiger partial charge is 0.261 e. The molecule has 0 radical (unpaired) electrons. The molecule has 4 N–H and O–H groups in total. The Labute approximate surface area is 234 Å². The van der Waals surface area contributed by atoms with Crippen molar-refractivity contribution in [2.24, 2.45) is 11.7 Å². The highest BCUT2D eigenvalue weighted by molar-refractivity contribution is 7.92. The molecule has 0 aliphatic carbocycles. The Morgan fingerprint density at radius 3 is 2.00 bits per heavy atom. The van der Waals surface area contributed by atoms with Crippen LogP contribution in [0.25, 0.3) is 0 Å². The summed E-state index contributed by atoms with van der Waals surface area (Å²) in [7, 11) is -8.19. The van der Waals surface area contributed by atoms with Crippen molar-refractivity contribution in [2.45, 2.75) is 22.6 Å². The highest BCUT2D eigenvalue weighted by Gasteiger charge is 2.31. The summed E-state index contributed by atoms with van der Waals surface area (Å²) in [4.78, 5) is 24.0. The first kappa shape index (κ1) is 29.4. The Morgan fingerprint density at radius 1 is 0.875 bits per heavy atom. The van der Waals surface area contributed by atoms with Crippen LogP contribution in [0.5, 0.6) is 0 Å². The van der Waals surface area contributed by atoms with Gasteiger partial charge in [-0.15, -0.1) is 0 Å². The van der Waals surface area contributed by atoms with E-state index < -0.39 is 54.7 Å². The third-order valence-electron chi connectivity index (χ3n) is 6.28. The second kappa shape index (κ2) is 11.5. The molecule has 1 fully saturated rings. The van der Waals surface area contributed by atoms with Gasteiger partial charge < -0.3 is 11.1 Å².